The van der Waals surface area contributed by atoms with Gasteiger partial charge in [-0.2, -0.15) is 18.3 Å². The Bertz CT molecular complexity index is 1130. The number of carbonyl (C=O) groups is 2. The highest BCUT2D eigenvalue weighted by Gasteiger charge is 2.38. The zero-order valence-corrected chi connectivity index (χ0v) is 16.3. The van der Waals surface area contributed by atoms with Gasteiger partial charge in [0.25, 0.3) is 5.91 Å². The summed E-state index contributed by atoms with van der Waals surface area (Å²) in [6.07, 6.45) is -1.84. The molecule has 158 valence electrons. The predicted octanol–water partition coefficient (Wildman–Crippen LogP) is 3.35. The molecule has 1 amide bonds. The van der Waals surface area contributed by atoms with Gasteiger partial charge in [-0.25, -0.2) is 9.78 Å². The number of anilines is 1. The fourth-order valence-electron chi connectivity index (χ4n) is 3.12. The number of rotatable bonds is 5. The molecule has 2 N–H and O–H groups in total. The Labute approximate surface area is 169 Å². The van der Waals surface area contributed by atoms with E-state index in [0.717, 1.165) is 4.68 Å². The Morgan fingerprint density at radius 1 is 1.23 bits per heavy atom. The second kappa shape index (κ2) is 7.65. The Kier molecular flexibility index (Phi) is 5.38. The van der Waals surface area contributed by atoms with E-state index in [2.05, 4.69) is 15.4 Å². The third kappa shape index (κ3) is 3.91. The van der Waals surface area contributed by atoms with E-state index in [1.54, 1.807) is 6.92 Å². The molecule has 2 heterocycles. The maximum Gasteiger partial charge on any atom is 0.435 e. The normalized spacial score (nSPS) is 11.5. The molecular formula is C19H18F3N5O3. The summed E-state index contributed by atoms with van der Waals surface area (Å²) >= 11 is 0. The summed E-state index contributed by atoms with van der Waals surface area (Å²) in [7, 11) is 2.80. The topological polar surface area (TPSA) is 102 Å². The van der Waals surface area contributed by atoms with Crippen LogP contribution in [0.3, 0.4) is 0 Å². The summed E-state index contributed by atoms with van der Waals surface area (Å²) in [4.78, 5) is 27.8. The van der Waals surface area contributed by atoms with Crippen molar-refractivity contribution in [1.82, 2.24) is 19.3 Å². The molecule has 0 spiro atoms. The molecule has 1 aromatic carbocycles. The lowest BCUT2D eigenvalue weighted by Crippen LogP contribution is -2.18. The van der Waals surface area contributed by atoms with Crippen molar-refractivity contribution in [2.45, 2.75) is 19.5 Å². The SMILES string of the molecule is CCc1cc(NC(=O)c2ncc(-c3cn(C)nc3C(F)(F)F)n2C)ccc1C(=O)O. The summed E-state index contributed by atoms with van der Waals surface area (Å²) in [5, 5.41) is 15.3. The van der Waals surface area contributed by atoms with Gasteiger partial charge in [-0.05, 0) is 30.2 Å². The summed E-state index contributed by atoms with van der Waals surface area (Å²) in [6.45, 7) is 1.78. The van der Waals surface area contributed by atoms with E-state index in [4.69, 9.17) is 0 Å². The summed E-state index contributed by atoms with van der Waals surface area (Å²) in [5.74, 6) is -1.83. The van der Waals surface area contributed by atoms with Gasteiger partial charge >= 0.3 is 12.1 Å². The maximum absolute atomic E-state index is 13.3. The van der Waals surface area contributed by atoms with Crippen LogP contribution >= 0.6 is 0 Å². The van der Waals surface area contributed by atoms with Crippen LogP contribution in [0.1, 0.15) is 39.2 Å². The van der Waals surface area contributed by atoms with Gasteiger partial charge < -0.3 is 15.0 Å². The van der Waals surface area contributed by atoms with Gasteiger partial charge in [0, 0.05) is 26.0 Å². The summed E-state index contributed by atoms with van der Waals surface area (Å²) in [6, 6.07) is 4.35. The zero-order valence-electron chi connectivity index (χ0n) is 16.3. The molecule has 0 saturated heterocycles. The average molecular weight is 421 g/mol. The lowest BCUT2D eigenvalue weighted by molar-refractivity contribution is -0.141. The highest BCUT2D eigenvalue weighted by atomic mass is 19.4. The van der Waals surface area contributed by atoms with Crippen LogP contribution in [-0.2, 0) is 26.7 Å². The number of carboxylic acids is 1. The molecule has 2 aromatic heterocycles. The number of hydrogen-bond acceptors (Lipinski definition) is 4. The second-order valence-electron chi connectivity index (χ2n) is 6.57. The number of amides is 1. The molecule has 0 atom stereocenters. The Hall–Kier alpha value is -3.63. The molecule has 0 aliphatic heterocycles. The maximum atomic E-state index is 13.3. The van der Waals surface area contributed by atoms with Crippen LogP contribution in [-0.4, -0.2) is 36.3 Å². The highest BCUT2D eigenvalue weighted by Crippen LogP contribution is 2.36. The fourth-order valence-corrected chi connectivity index (χ4v) is 3.12. The van der Waals surface area contributed by atoms with E-state index in [9.17, 15) is 27.9 Å². The van der Waals surface area contributed by atoms with Gasteiger partial charge in [-0.15, -0.1) is 0 Å². The van der Waals surface area contributed by atoms with E-state index in [1.165, 1.54) is 49.3 Å². The standard InChI is InChI=1S/C19H18F3N5O3/c1-4-10-7-11(5-6-12(10)18(29)30)24-17(28)16-23-8-14(27(16)3)13-9-26(2)25-15(13)19(20,21)22/h5-9H,4H2,1-3H3,(H,24,28)(H,29,30). The van der Waals surface area contributed by atoms with Gasteiger partial charge in [-0.1, -0.05) is 6.92 Å². The van der Waals surface area contributed by atoms with Crippen LogP contribution in [0.15, 0.2) is 30.6 Å². The number of benzene rings is 1. The van der Waals surface area contributed by atoms with Crippen molar-refractivity contribution in [2.75, 3.05) is 5.32 Å². The molecule has 8 nitrogen and oxygen atoms in total. The second-order valence-corrected chi connectivity index (χ2v) is 6.57. The smallest absolute Gasteiger partial charge is 0.435 e. The first-order chi connectivity index (χ1) is 14.0. The minimum absolute atomic E-state index is 0.0797. The van der Waals surface area contributed by atoms with Crippen molar-refractivity contribution in [3.8, 4) is 11.3 Å². The van der Waals surface area contributed by atoms with Crippen LogP contribution < -0.4 is 5.32 Å². The molecule has 3 aromatic rings. The number of alkyl halides is 3. The first kappa shape index (κ1) is 21.1. The number of carboxylic acid groups (broad SMARTS) is 1. The Morgan fingerprint density at radius 3 is 2.53 bits per heavy atom. The number of hydrogen-bond donors (Lipinski definition) is 2. The Morgan fingerprint density at radius 2 is 1.93 bits per heavy atom. The van der Waals surface area contributed by atoms with Crippen molar-refractivity contribution in [3.05, 3.63) is 53.2 Å². The third-order valence-corrected chi connectivity index (χ3v) is 4.54. The number of aryl methyl sites for hydroxylation is 2. The predicted molar refractivity (Wildman–Crippen MR) is 101 cm³/mol. The van der Waals surface area contributed by atoms with Gasteiger partial charge in [0.1, 0.15) is 0 Å². The first-order valence-corrected chi connectivity index (χ1v) is 8.83. The number of imidazole rings is 1. The van der Waals surface area contributed by atoms with Crippen LogP contribution in [0.2, 0.25) is 0 Å². The summed E-state index contributed by atoms with van der Waals surface area (Å²) in [5.41, 5.74) is -0.174. The first-order valence-electron chi connectivity index (χ1n) is 8.83. The van der Waals surface area contributed by atoms with E-state index in [1.807, 2.05) is 0 Å². The van der Waals surface area contributed by atoms with Crippen LogP contribution in [0, 0.1) is 0 Å². The van der Waals surface area contributed by atoms with E-state index in [0.29, 0.717) is 17.7 Å². The molecule has 0 fully saturated rings. The van der Waals surface area contributed by atoms with Crippen molar-refractivity contribution >= 4 is 17.6 Å². The molecule has 3 rings (SSSR count). The molecule has 0 bridgehead atoms. The minimum atomic E-state index is -4.66. The number of carbonyl (C=O) groups excluding carboxylic acids is 1. The summed E-state index contributed by atoms with van der Waals surface area (Å²) < 4.78 is 42.1. The van der Waals surface area contributed by atoms with Crippen molar-refractivity contribution in [2.24, 2.45) is 14.1 Å². The number of halogens is 3. The molecule has 30 heavy (non-hydrogen) atoms. The van der Waals surface area contributed by atoms with Crippen LogP contribution in [0.5, 0.6) is 0 Å². The highest BCUT2D eigenvalue weighted by molar-refractivity contribution is 6.02. The average Bonchev–Trinajstić information content (AvgIpc) is 3.23. The van der Waals surface area contributed by atoms with E-state index >= 15 is 0 Å². The quantitative estimate of drug-likeness (QED) is 0.658. The van der Waals surface area contributed by atoms with Crippen molar-refractivity contribution in [3.63, 3.8) is 0 Å². The number of nitrogens with one attached hydrogen (secondary N) is 1. The fraction of sp³-hybridized carbons (Fsp3) is 0.263. The van der Waals surface area contributed by atoms with E-state index < -0.39 is 23.7 Å². The van der Waals surface area contributed by atoms with Gasteiger partial charge in [-0.3, -0.25) is 9.48 Å². The minimum Gasteiger partial charge on any atom is -0.478 e. The number of aromatic carboxylic acids is 1. The molecular weight excluding hydrogens is 403 g/mol. The third-order valence-electron chi connectivity index (χ3n) is 4.54. The zero-order chi connectivity index (χ0) is 22.2. The lowest BCUT2D eigenvalue weighted by atomic mass is 10.0. The lowest BCUT2D eigenvalue weighted by Gasteiger charge is -2.10. The van der Waals surface area contributed by atoms with Gasteiger partial charge in [0.2, 0.25) is 0 Å². The van der Waals surface area contributed by atoms with Gasteiger partial charge in [0.15, 0.2) is 11.5 Å². The molecule has 0 aliphatic carbocycles. The molecule has 0 unspecified atom stereocenters. The van der Waals surface area contributed by atoms with Crippen LogP contribution in [0.25, 0.3) is 11.3 Å². The van der Waals surface area contributed by atoms with Crippen LogP contribution in [0.4, 0.5) is 18.9 Å². The van der Waals surface area contributed by atoms with Crippen molar-refractivity contribution in [1.29, 1.82) is 0 Å². The molecule has 0 radical (unpaired) electrons. The monoisotopic (exact) mass is 421 g/mol. The Balaban J connectivity index is 1.92. The number of aromatic nitrogens is 4. The molecule has 11 heteroatoms. The van der Waals surface area contributed by atoms with Gasteiger partial charge in [0.05, 0.1) is 23.0 Å². The molecule has 0 saturated carbocycles. The molecule has 0 aliphatic rings. The number of nitrogens with zero attached hydrogens (tertiary/aromatic N) is 4. The van der Waals surface area contributed by atoms with Crippen molar-refractivity contribution < 1.29 is 27.9 Å². The van der Waals surface area contributed by atoms with E-state index in [-0.39, 0.29) is 22.6 Å². The largest absolute Gasteiger partial charge is 0.478 e.